The Morgan fingerprint density at radius 1 is 1.43 bits per heavy atom. The number of nitrogens with zero attached hydrogens (tertiary/aromatic N) is 2. The first-order valence-electron chi connectivity index (χ1n) is 8.12. The van der Waals surface area contributed by atoms with Gasteiger partial charge in [-0.05, 0) is 48.9 Å². The zero-order chi connectivity index (χ0) is 15.0. The van der Waals surface area contributed by atoms with Crippen LogP contribution in [0.3, 0.4) is 0 Å². The SMILES string of the molecule is CC(C)CCc1cc(C#N)c2c(c1)[C@@H]1CNCC[C@@H]1N2C. The summed E-state index contributed by atoms with van der Waals surface area (Å²) in [5.41, 5.74) is 4.78. The van der Waals surface area contributed by atoms with Crippen LogP contribution in [-0.2, 0) is 6.42 Å². The molecular formula is C18H25N3. The van der Waals surface area contributed by atoms with E-state index in [1.54, 1.807) is 0 Å². The lowest BCUT2D eigenvalue weighted by molar-refractivity contribution is 0.413. The molecular weight excluding hydrogens is 258 g/mol. The van der Waals surface area contributed by atoms with Crippen LogP contribution < -0.4 is 10.2 Å². The van der Waals surface area contributed by atoms with E-state index in [1.165, 1.54) is 29.7 Å². The number of aryl methyl sites for hydroxylation is 1. The van der Waals surface area contributed by atoms with E-state index in [-0.39, 0.29) is 0 Å². The first kappa shape index (κ1) is 14.4. The maximum absolute atomic E-state index is 9.56. The van der Waals surface area contributed by atoms with Crippen molar-refractivity contribution in [2.45, 2.75) is 45.1 Å². The summed E-state index contributed by atoms with van der Waals surface area (Å²) in [5.74, 6) is 1.25. The van der Waals surface area contributed by atoms with E-state index in [1.807, 2.05) is 0 Å². The van der Waals surface area contributed by atoms with Crippen molar-refractivity contribution in [3.8, 4) is 6.07 Å². The number of fused-ring (bicyclic) bond motifs is 3. The Balaban J connectivity index is 1.99. The fourth-order valence-corrected chi connectivity index (χ4v) is 3.87. The third kappa shape index (κ3) is 2.53. The minimum atomic E-state index is 0.546. The fraction of sp³-hybridized carbons (Fsp3) is 0.611. The van der Waals surface area contributed by atoms with E-state index < -0.39 is 0 Å². The highest BCUT2D eigenvalue weighted by Gasteiger charge is 2.39. The highest BCUT2D eigenvalue weighted by molar-refractivity contribution is 5.71. The topological polar surface area (TPSA) is 39.1 Å². The summed E-state index contributed by atoms with van der Waals surface area (Å²) in [4.78, 5) is 2.35. The van der Waals surface area contributed by atoms with Crippen LogP contribution in [-0.4, -0.2) is 26.2 Å². The number of likely N-dealkylation sites (N-methyl/N-ethyl adjacent to an activating group) is 1. The molecule has 3 rings (SSSR count). The normalized spacial score (nSPS) is 23.9. The van der Waals surface area contributed by atoms with Crippen LogP contribution in [0.4, 0.5) is 5.69 Å². The summed E-state index contributed by atoms with van der Waals surface area (Å²) in [6, 6.07) is 7.48. The molecule has 1 aromatic carbocycles. The van der Waals surface area contributed by atoms with Gasteiger partial charge in [0.2, 0.25) is 0 Å². The summed E-state index contributed by atoms with van der Waals surface area (Å²) in [6.45, 7) is 6.64. The maximum Gasteiger partial charge on any atom is 0.101 e. The minimum Gasteiger partial charge on any atom is -0.370 e. The zero-order valence-electron chi connectivity index (χ0n) is 13.3. The van der Waals surface area contributed by atoms with Gasteiger partial charge in [-0.25, -0.2) is 0 Å². The maximum atomic E-state index is 9.56. The number of nitrogens with one attached hydrogen (secondary N) is 1. The molecule has 112 valence electrons. The molecule has 0 aliphatic carbocycles. The van der Waals surface area contributed by atoms with Crippen LogP contribution in [0.5, 0.6) is 0 Å². The van der Waals surface area contributed by atoms with Gasteiger partial charge in [0, 0.05) is 25.6 Å². The lowest BCUT2D eigenvalue weighted by Gasteiger charge is -2.31. The molecule has 3 heteroatoms. The van der Waals surface area contributed by atoms with E-state index in [9.17, 15) is 5.26 Å². The van der Waals surface area contributed by atoms with E-state index in [4.69, 9.17) is 0 Å². The molecule has 1 N–H and O–H groups in total. The molecule has 21 heavy (non-hydrogen) atoms. The standard InChI is InChI=1S/C18H25N3/c1-12(2)4-5-13-8-14(10-19)18-15(9-13)16-11-20-7-6-17(16)21(18)3/h8-9,12,16-17,20H,4-7,11H2,1-3H3/t16-,17-/m0/s1. The molecule has 0 unspecified atom stereocenters. The molecule has 1 fully saturated rings. The van der Waals surface area contributed by atoms with Crippen molar-refractivity contribution in [3.63, 3.8) is 0 Å². The van der Waals surface area contributed by atoms with E-state index in [0.717, 1.165) is 25.1 Å². The van der Waals surface area contributed by atoms with E-state index >= 15 is 0 Å². The molecule has 1 saturated heterocycles. The molecule has 2 heterocycles. The number of rotatable bonds is 3. The zero-order valence-corrected chi connectivity index (χ0v) is 13.3. The van der Waals surface area contributed by atoms with Crippen LogP contribution in [0.1, 0.15) is 49.3 Å². The number of nitriles is 1. The second-order valence-corrected chi connectivity index (χ2v) is 6.90. The Bertz CT molecular complexity index is 571. The Kier molecular flexibility index (Phi) is 3.91. The Morgan fingerprint density at radius 2 is 2.24 bits per heavy atom. The molecule has 1 aromatic rings. The highest BCUT2D eigenvalue weighted by Crippen LogP contribution is 2.44. The monoisotopic (exact) mass is 283 g/mol. The quantitative estimate of drug-likeness (QED) is 0.926. The smallest absolute Gasteiger partial charge is 0.101 e. The summed E-state index contributed by atoms with van der Waals surface area (Å²) in [7, 11) is 2.16. The van der Waals surface area contributed by atoms with Crippen LogP contribution >= 0.6 is 0 Å². The largest absolute Gasteiger partial charge is 0.370 e. The summed E-state index contributed by atoms with van der Waals surface area (Å²) >= 11 is 0. The van der Waals surface area contributed by atoms with Crippen molar-refractivity contribution in [1.29, 1.82) is 5.26 Å². The summed E-state index contributed by atoms with van der Waals surface area (Å²) < 4.78 is 0. The van der Waals surface area contributed by atoms with Gasteiger partial charge >= 0.3 is 0 Å². The van der Waals surface area contributed by atoms with Crippen LogP contribution in [0.15, 0.2) is 12.1 Å². The highest BCUT2D eigenvalue weighted by atomic mass is 15.2. The van der Waals surface area contributed by atoms with Gasteiger partial charge in [0.1, 0.15) is 6.07 Å². The van der Waals surface area contributed by atoms with Gasteiger partial charge in [-0.2, -0.15) is 5.26 Å². The van der Waals surface area contributed by atoms with E-state index in [2.05, 4.69) is 49.3 Å². The van der Waals surface area contributed by atoms with Gasteiger partial charge in [-0.15, -0.1) is 0 Å². The van der Waals surface area contributed by atoms with Gasteiger partial charge in [0.05, 0.1) is 11.3 Å². The molecule has 0 radical (unpaired) electrons. The predicted molar refractivity (Wildman–Crippen MR) is 86.7 cm³/mol. The Labute approximate surface area is 128 Å². The second-order valence-electron chi connectivity index (χ2n) is 6.90. The second kappa shape index (κ2) is 5.69. The fourth-order valence-electron chi connectivity index (χ4n) is 3.87. The molecule has 2 atom stereocenters. The Hall–Kier alpha value is -1.53. The molecule has 0 spiro atoms. The molecule has 0 bridgehead atoms. The minimum absolute atomic E-state index is 0.546. The van der Waals surface area contributed by atoms with Crippen LogP contribution in [0.2, 0.25) is 0 Å². The number of hydrogen-bond donors (Lipinski definition) is 1. The van der Waals surface area contributed by atoms with Crippen molar-refractivity contribution in [1.82, 2.24) is 5.32 Å². The summed E-state index contributed by atoms with van der Waals surface area (Å²) in [6.07, 6.45) is 3.43. The molecule has 3 nitrogen and oxygen atoms in total. The van der Waals surface area contributed by atoms with Gasteiger partial charge in [-0.3, -0.25) is 0 Å². The van der Waals surface area contributed by atoms with Crippen LogP contribution in [0, 0.1) is 17.2 Å². The molecule has 0 saturated carbocycles. The summed E-state index contributed by atoms with van der Waals surface area (Å²) in [5, 5.41) is 13.1. The van der Waals surface area contributed by atoms with Gasteiger partial charge in [0.25, 0.3) is 0 Å². The number of anilines is 1. The predicted octanol–water partition coefficient (Wildman–Crippen LogP) is 3.04. The average molecular weight is 283 g/mol. The molecule has 2 aliphatic rings. The third-order valence-electron chi connectivity index (χ3n) is 5.03. The number of benzene rings is 1. The van der Waals surface area contributed by atoms with Crippen LogP contribution in [0.25, 0.3) is 0 Å². The molecule has 2 aliphatic heterocycles. The lowest BCUT2D eigenvalue weighted by atomic mass is 9.88. The van der Waals surface area contributed by atoms with Crippen molar-refractivity contribution in [2.75, 3.05) is 25.0 Å². The lowest BCUT2D eigenvalue weighted by Crippen LogP contribution is -2.42. The first-order chi connectivity index (χ1) is 10.1. The third-order valence-corrected chi connectivity index (χ3v) is 5.03. The molecule has 0 amide bonds. The van der Waals surface area contributed by atoms with Gasteiger partial charge < -0.3 is 10.2 Å². The van der Waals surface area contributed by atoms with E-state index in [0.29, 0.717) is 17.9 Å². The number of piperidine rings is 1. The first-order valence-corrected chi connectivity index (χ1v) is 8.12. The molecule has 0 aromatic heterocycles. The number of hydrogen-bond acceptors (Lipinski definition) is 3. The van der Waals surface area contributed by atoms with Gasteiger partial charge in [-0.1, -0.05) is 19.9 Å². The average Bonchev–Trinajstić information content (AvgIpc) is 2.78. The van der Waals surface area contributed by atoms with Crippen molar-refractivity contribution in [2.24, 2.45) is 5.92 Å². The van der Waals surface area contributed by atoms with Crippen molar-refractivity contribution in [3.05, 3.63) is 28.8 Å². The van der Waals surface area contributed by atoms with Gasteiger partial charge in [0.15, 0.2) is 0 Å². The Morgan fingerprint density at radius 3 is 2.95 bits per heavy atom. The van der Waals surface area contributed by atoms with Crippen molar-refractivity contribution >= 4 is 5.69 Å². The van der Waals surface area contributed by atoms with Crippen molar-refractivity contribution < 1.29 is 0 Å².